The summed E-state index contributed by atoms with van der Waals surface area (Å²) in [5, 5.41) is 0. The largest absolute Gasteiger partial charge is 0.374 e. The molecule has 2 nitrogen and oxygen atoms in total. The van der Waals surface area contributed by atoms with Crippen molar-refractivity contribution in [1.82, 2.24) is 0 Å². The van der Waals surface area contributed by atoms with Gasteiger partial charge in [0.2, 0.25) is 0 Å². The van der Waals surface area contributed by atoms with Crippen LogP contribution >= 0.6 is 0 Å². The molecule has 152 valence electrons. The number of fused-ring (bicyclic) bond motifs is 5. The van der Waals surface area contributed by atoms with Crippen molar-refractivity contribution in [3.8, 4) is 0 Å². The van der Waals surface area contributed by atoms with E-state index in [1.165, 1.54) is 56.9 Å². The van der Waals surface area contributed by atoms with Gasteiger partial charge in [0.25, 0.3) is 0 Å². The first-order valence-corrected chi connectivity index (χ1v) is 11.7. The molecular formula is C26H36O2. The van der Waals surface area contributed by atoms with E-state index in [1.54, 1.807) is 0 Å². The van der Waals surface area contributed by atoms with E-state index < -0.39 is 0 Å². The van der Waals surface area contributed by atoms with E-state index in [0.29, 0.717) is 23.2 Å². The van der Waals surface area contributed by atoms with Gasteiger partial charge in [-0.05, 0) is 98.5 Å². The molecule has 28 heavy (non-hydrogen) atoms. The molecule has 0 aromatic rings. The van der Waals surface area contributed by atoms with Gasteiger partial charge in [0, 0.05) is 5.41 Å². The number of ether oxygens (including phenoxy) is 1. The van der Waals surface area contributed by atoms with Crippen LogP contribution in [0.15, 0.2) is 36.0 Å². The first-order valence-electron chi connectivity index (χ1n) is 11.7. The second kappa shape index (κ2) is 6.97. The van der Waals surface area contributed by atoms with Gasteiger partial charge in [-0.2, -0.15) is 0 Å². The zero-order valence-electron chi connectivity index (χ0n) is 17.7. The summed E-state index contributed by atoms with van der Waals surface area (Å²) >= 11 is 0. The molecular weight excluding hydrogens is 344 g/mol. The Bertz CT molecular complexity index is 731. The highest BCUT2D eigenvalue weighted by molar-refractivity contribution is 5.97. The fraction of sp³-hybridized carbons (Fsp3) is 0.731. The summed E-state index contributed by atoms with van der Waals surface area (Å²) in [6.07, 6.45) is 22.4. The Labute approximate surface area is 170 Å². The molecule has 3 fully saturated rings. The Morgan fingerprint density at radius 1 is 1.14 bits per heavy atom. The summed E-state index contributed by atoms with van der Waals surface area (Å²) in [6, 6.07) is 0. The number of ketones is 1. The second-order valence-corrected chi connectivity index (χ2v) is 10.8. The number of carbonyl (C=O) groups is 1. The van der Waals surface area contributed by atoms with Crippen molar-refractivity contribution in [2.75, 3.05) is 6.61 Å². The van der Waals surface area contributed by atoms with Gasteiger partial charge in [0.15, 0.2) is 5.78 Å². The van der Waals surface area contributed by atoms with Gasteiger partial charge in [-0.3, -0.25) is 4.79 Å². The molecule has 7 unspecified atom stereocenters. The standard InChI is InChI=1S/C26H36O2/c1-25-14-12-20(28-17-18-6-4-3-5-7-18)16-19(25)8-9-21-22-10-11-24(27)26(22,2)15-13-23(21)25/h3-4,6,10-11,19-23H,5,7-9,12-17H2,1-2H3. The zero-order valence-corrected chi connectivity index (χ0v) is 17.7. The Balaban J connectivity index is 1.26. The molecule has 0 spiro atoms. The van der Waals surface area contributed by atoms with E-state index in [-0.39, 0.29) is 5.41 Å². The summed E-state index contributed by atoms with van der Waals surface area (Å²) in [4.78, 5) is 12.5. The van der Waals surface area contributed by atoms with Crippen molar-refractivity contribution in [2.24, 2.45) is 34.5 Å². The molecule has 0 amide bonds. The van der Waals surface area contributed by atoms with Crippen LogP contribution in [-0.2, 0) is 9.53 Å². The fourth-order valence-electron chi connectivity index (χ4n) is 7.64. The first-order chi connectivity index (χ1) is 13.5. The maximum atomic E-state index is 12.5. The van der Waals surface area contributed by atoms with Crippen molar-refractivity contribution >= 4 is 5.78 Å². The molecule has 5 aliphatic rings. The summed E-state index contributed by atoms with van der Waals surface area (Å²) in [6.45, 7) is 5.66. The van der Waals surface area contributed by atoms with Crippen LogP contribution in [0.4, 0.5) is 0 Å². The van der Waals surface area contributed by atoms with E-state index in [2.05, 4.69) is 38.2 Å². The number of allylic oxidation sites excluding steroid dienone is 5. The van der Waals surface area contributed by atoms with Crippen LogP contribution in [0.3, 0.4) is 0 Å². The first kappa shape index (κ1) is 18.9. The lowest BCUT2D eigenvalue weighted by atomic mass is 9.45. The third kappa shape index (κ3) is 2.90. The highest BCUT2D eigenvalue weighted by Crippen LogP contribution is 2.64. The molecule has 7 atom stereocenters. The lowest BCUT2D eigenvalue weighted by Crippen LogP contribution is -2.54. The maximum absolute atomic E-state index is 12.5. The van der Waals surface area contributed by atoms with Crippen molar-refractivity contribution in [2.45, 2.75) is 77.7 Å². The van der Waals surface area contributed by atoms with Gasteiger partial charge < -0.3 is 4.74 Å². The van der Waals surface area contributed by atoms with Crippen LogP contribution in [0.5, 0.6) is 0 Å². The molecule has 0 aromatic heterocycles. The van der Waals surface area contributed by atoms with Crippen LogP contribution in [0.2, 0.25) is 0 Å². The average molecular weight is 381 g/mol. The topological polar surface area (TPSA) is 26.3 Å². The average Bonchev–Trinajstić information content (AvgIpc) is 3.02. The van der Waals surface area contributed by atoms with Crippen LogP contribution in [0, 0.1) is 34.5 Å². The lowest BCUT2D eigenvalue weighted by Gasteiger charge is -2.60. The van der Waals surface area contributed by atoms with Gasteiger partial charge in [-0.25, -0.2) is 0 Å². The molecule has 3 saturated carbocycles. The van der Waals surface area contributed by atoms with Crippen LogP contribution < -0.4 is 0 Å². The van der Waals surface area contributed by atoms with E-state index in [9.17, 15) is 4.79 Å². The Morgan fingerprint density at radius 2 is 2.04 bits per heavy atom. The minimum absolute atomic E-state index is 0.0904. The number of hydrogen-bond donors (Lipinski definition) is 0. The highest BCUT2D eigenvalue weighted by atomic mass is 16.5. The van der Waals surface area contributed by atoms with Crippen LogP contribution in [-0.4, -0.2) is 18.5 Å². The van der Waals surface area contributed by atoms with E-state index in [0.717, 1.165) is 30.8 Å². The molecule has 0 saturated heterocycles. The van der Waals surface area contributed by atoms with Gasteiger partial charge in [0.1, 0.15) is 0 Å². The third-order valence-corrected chi connectivity index (χ3v) is 9.49. The molecule has 5 aliphatic carbocycles. The monoisotopic (exact) mass is 380 g/mol. The van der Waals surface area contributed by atoms with Crippen LogP contribution in [0.1, 0.15) is 71.6 Å². The molecule has 0 aliphatic heterocycles. The normalized spacial score (nSPS) is 47.3. The Kier molecular flexibility index (Phi) is 4.69. The number of carbonyl (C=O) groups excluding carboxylic acids is 1. The van der Waals surface area contributed by atoms with Crippen molar-refractivity contribution in [3.05, 3.63) is 36.0 Å². The predicted octanol–water partition coefficient (Wildman–Crippen LogP) is 6.04. The van der Waals surface area contributed by atoms with Crippen molar-refractivity contribution in [1.29, 1.82) is 0 Å². The van der Waals surface area contributed by atoms with Gasteiger partial charge in [0.05, 0.1) is 12.7 Å². The van der Waals surface area contributed by atoms with E-state index >= 15 is 0 Å². The van der Waals surface area contributed by atoms with Crippen molar-refractivity contribution in [3.63, 3.8) is 0 Å². The summed E-state index contributed by atoms with van der Waals surface area (Å²) in [5.41, 5.74) is 1.83. The molecule has 0 radical (unpaired) electrons. The van der Waals surface area contributed by atoms with Crippen LogP contribution in [0.25, 0.3) is 0 Å². The highest BCUT2D eigenvalue weighted by Gasteiger charge is 2.59. The van der Waals surface area contributed by atoms with Crippen molar-refractivity contribution < 1.29 is 9.53 Å². The number of rotatable bonds is 3. The molecule has 0 heterocycles. The Morgan fingerprint density at radius 3 is 2.86 bits per heavy atom. The minimum atomic E-state index is -0.0904. The molecule has 5 rings (SSSR count). The minimum Gasteiger partial charge on any atom is -0.374 e. The van der Waals surface area contributed by atoms with Gasteiger partial charge in [-0.1, -0.05) is 38.2 Å². The molecule has 0 N–H and O–H groups in total. The number of hydrogen-bond acceptors (Lipinski definition) is 2. The molecule has 2 heteroatoms. The maximum Gasteiger partial charge on any atom is 0.161 e. The smallest absolute Gasteiger partial charge is 0.161 e. The molecule has 0 bridgehead atoms. The van der Waals surface area contributed by atoms with E-state index in [4.69, 9.17) is 4.74 Å². The summed E-state index contributed by atoms with van der Waals surface area (Å²) < 4.78 is 6.39. The van der Waals surface area contributed by atoms with Gasteiger partial charge >= 0.3 is 0 Å². The zero-order chi connectivity index (χ0) is 19.4. The Hall–Kier alpha value is -1.15. The second-order valence-electron chi connectivity index (χ2n) is 10.8. The summed E-state index contributed by atoms with van der Waals surface area (Å²) in [7, 11) is 0. The summed E-state index contributed by atoms with van der Waals surface area (Å²) in [5.74, 6) is 3.22. The molecule has 0 aromatic carbocycles. The third-order valence-electron chi connectivity index (χ3n) is 9.49. The fourth-order valence-corrected chi connectivity index (χ4v) is 7.64. The predicted molar refractivity (Wildman–Crippen MR) is 113 cm³/mol. The lowest BCUT2D eigenvalue weighted by molar-refractivity contribution is -0.142. The van der Waals surface area contributed by atoms with E-state index in [1.807, 2.05) is 6.08 Å². The quantitative estimate of drug-likeness (QED) is 0.597. The SMILES string of the molecule is CC12CCC3C(CCC4CC(OCC5=CC=CCC5)CCC43C)C1C=CC2=O. The van der Waals surface area contributed by atoms with Gasteiger partial charge in [-0.15, -0.1) is 0 Å².